The van der Waals surface area contributed by atoms with E-state index in [0.29, 0.717) is 12.2 Å². The maximum atomic E-state index is 13.0. The molecule has 0 saturated heterocycles. The predicted octanol–water partition coefficient (Wildman–Crippen LogP) is 4.19. The number of anilines is 1. The number of nitrogens with one attached hydrogen (secondary N) is 1. The summed E-state index contributed by atoms with van der Waals surface area (Å²) in [4.78, 5) is -0.252. The van der Waals surface area contributed by atoms with E-state index in [4.69, 9.17) is 5.73 Å². The van der Waals surface area contributed by atoms with E-state index in [1.54, 1.807) is 6.07 Å². The third-order valence-electron chi connectivity index (χ3n) is 3.32. The van der Waals surface area contributed by atoms with Gasteiger partial charge < -0.3 is 11.1 Å². The van der Waals surface area contributed by atoms with Crippen LogP contribution >= 0.6 is 12.2 Å². The van der Waals surface area contributed by atoms with Crippen LogP contribution in [0.3, 0.4) is 0 Å². The number of benzene rings is 1. The van der Waals surface area contributed by atoms with Gasteiger partial charge in [-0.1, -0.05) is 33.0 Å². The third-order valence-corrected chi connectivity index (χ3v) is 3.54. The van der Waals surface area contributed by atoms with Crippen LogP contribution in [0.4, 0.5) is 18.9 Å². The minimum atomic E-state index is -4.48. The monoisotopic (exact) mass is 304 g/mol. The van der Waals surface area contributed by atoms with Crippen LogP contribution in [0.15, 0.2) is 18.2 Å². The first-order chi connectivity index (χ1) is 9.07. The molecule has 112 valence electrons. The van der Waals surface area contributed by atoms with Crippen molar-refractivity contribution in [2.75, 3.05) is 11.9 Å². The Kier molecular flexibility index (Phi) is 5.02. The molecule has 0 unspecified atom stereocenters. The van der Waals surface area contributed by atoms with Gasteiger partial charge in [0.1, 0.15) is 4.99 Å². The van der Waals surface area contributed by atoms with Crippen molar-refractivity contribution >= 4 is 22.9 Å². The summed E-state index contributed by atoms with van der Waals surface area (Å²) in [6, 6.07) is 3.93. The summed E-state index contributed by atoms with van der Waals surface area (Å²) in [6.45, 7) is 6.73. The number of rotatable bonds is 5. The van der Waals surface area contributed by atoms with Gasteiger partial charge in [0.25, 0.3) is 0 Å². The fourth-order valence-corrected chi connectivity index (χ4v) is 1.75. The molecular formula is C14H19F3N2S. The van der Waals surface area contributed by atoms with Crippen molar-refractivity contribution < 1.29 is 13.2 Å². The van der Waals surface area contributed by atoms with E-state index in [-0.39, 0.29) is 16.0 Å². The van der Waals surface area contributed by atoms with Gasteiger partial charge in [-0.05, 0) is 30.0 Å². The highest BCUT2D eigenvalue weighted by molar-refractivity contribution is 7.80. The van der Waals surface area contributed by atoms with Crippen LogP contribution in [0.25, 0.3) is 0 Å². The van der Waals surface area contributed by atoms with Crippen molar-refractivity contribution in [1.29, 1.82) is 0 Å². The number of nitrogens with two attached hydrogens (primary N) is 1. The molecule has 0 heterocycles. The summed E-state index contributed by atoms with van der Waals surface area (Å²) in [5, 5.41) is 3.03. The maximum absolute atomic E-state index is 13.0. The van der Waals surface area contributed by atoms with Crippen molar-refractivity contribution in [3.63, 3.8) is 0 Å². The average Bonchev–Trinajstić information content (AvgIpc) is 2.35. The smallest absolute Gasteiger partial charge is 0.389 e. The van der Waals surface area contributed by atoms with Crippen molar-refractivity contribution in [3.8, 4) is 0 Å². The lowest BCUT2D eigenvalue weighted by atomic mass is 9.90. The average molecular weight is 304 g/mol. The van der Waals surface area contributed by atoms with E-state index in [0.717, 1.165) is 12.5 Å². The molecule has 0 aliphatic heterocycles. The largest absolute Gasteiger partial charge is 0.417 e. The van der Waals surface area contributed by atoms with Gasteiger partial charge in [-0.15, -0.1) is 0 Å². The Bertz CT molecular complexity index is 496. The first-order valence-corrected chi connectivity index (χ1v) is 6.72. The normalized spacial score (nSPS) is 12.3. The molecule has 0 spiro atoms. The zero-order valence-electron chi connectivity index (χ0n) is 11.8. The Morgan fingerprint density at radius 3 is 2.35 bits per heavy atom. The van der Waals surface area contributed by atoms with E-state index >= 15 is 0 Å². The lowest BCUT2D eigenvalue weighted by Crippen LogP contribution is -2.23. The second-order valence-electron chi connectivity index (χ2n) is 5.49. The number of hydrogen-bond acceptors (Lipinski definition) is 2. The molecule has 6 heteroatoms. The van der Waals surface area contributed by atoms with Gasteiger partial charge in [0.15, 0.2) is 0 Å². The van der Waals surface area contributed by atoms with Crippen LogP contribution < -0.4 is 11.1 Å². The SMILES string of the molecule is CCC(C)(C)CNc1ccc(C(N)=S)c(C(F)(F)F)c1. The van der Waals surface area contributed by atoms with Crippen molar-refractivity contribution in [2.24, 2.45) is 11.1 Å². The van der Waals surface area contributed by atoms with Gasteiger partial charge in [0, 0.05) is 17.8 Å². The van der Waals surface area contributed by atoms with Gasteiger partial charge in [-0.25, -0.2) is 0 Å². The van der Waals surface area contributed by atoms with Crippen LogP contribution in [-0.2, 0) is 6.18 Å². The molecule has 1 aromatic rings. The van der Waals surface area contributed by atoms with Crippen LogP contribution in [0.5, 0.6) is 0 Å². The highest BCUT2D eigenvalue weighted by Crippen LogP contribution is 2.34. The second-order valence-corrected chi connectivity index (χ2v) is 5.93. The molecule has 0 saturated carbocycles. The van der Waals surface area contributed by atoms with Crippen LogP contribution in [0, 0.1) is 5.41 Å². The van der Waals surface area contributed by atoms with Crippen LogP contribution in [0.2, 0.25) is 0 Å². The highest BCUT2D eigenvalue weighted by atomic mass is 32.1. The molecular weight excluding hydrogens is 285 g/mol. The van der Waals surface area contributed by atoms with Crippen molar-refractivity contribution in [2.45, 2.75) is 33.4 Å². The molecule has 0 bridgehead atoms. The molecule has 1 aromatic carbocycles. The summed E-state index contributed by atoms with van der Waals surface area (Å²) >= 11 is 4.66. The zero-order chi connectivity index (χ0) is 15.6. The molecule has 0 aliphatic carbocycles. The Hall–Kier alpha value is -1.30. The van der Waals surface area contributed by atoms with Crippen LogP contribution in [0.1, 0.15) is 38.3 Å². The van der Waals surface area contributed by atoms with Crippen molar-refractivity contribution in [3.05, 3.63) is 29.3 Å². The Morgan fingerprint density at radius 1 is 1.30 bits per heavy atom. The van der Waals surface area contributed by atoms with Gasteiger partial charge in [0.2, 0.25) is 0 Å². The summed E-state index contributed by atoms with van der Waals surface area (Å²) in [7, 11) is 0. The van der Waals surface area contributed by atoms with E-state index in [1.165, 1.54) is 6.07 Å². The first-order valence-electron chi connectivity index (χ1n) is 6.32. The third kappa shape index (κ3) is 4.37. The summed E-state index contributed by atoms with van der Waals surface area (Å²) in [5.74, 6) is 0. The summed E-state index contributed by atoms with van der Waals surface area (Å²) in [5.41, 5.74) is 4.82. The minimum Gasteiger partial charge on any atom is -0.389 e. The summed E-state index contributed by atoms with van der Waals surface area (Å²) < 4.78 is 39.0. The van der Waals surface area contributed by atoms with Gasteiger partial charge in [-0.2, -0.15) is 13.2 Å². The predicted molar refractivity (Wildman–Crippen MR) is 79.9 cm³/mol. The fourth-order valence-electron chi connectivity index (χ4n) is 1.57. The number of alkyl halides is 3. The molecule has 0 radical (unpaired) electrons. The molecule has 1 rings (SSSR count). The molecule has 3 N–H and O–H groups in total. The molecule has 0 amide bonds. The number of thiocarbonyl (C=S) groups is 1. The minimum absolute atomic E-state index is 0.0141. The van der Waals surface area contributed by atoms with Gasteiger partial charge in [-0.3, -0.25) is 0 Å². The standard InChI is InChI=1S/C14H19F3N2S/c1-4-13(2,3)8-19-9-5-6-10(12(18)20)11(7-9)14(15,16)17/h5-7,19H,4,8H2,1-3H3,(H2,18,20). The number of hydrogen-bond donors (Lipinski definition) is 2. The highest BCUT2D eigenvalue weighted by Gasteiger charge is 2.34. The maximum Gasteiger partial charge on any atom is 0.417 e. The number of halogens is 3. The topological polar surface area (TPSA) is 38.0 Å². The second kappa shape index (κ2) is 5.99. The quantitative estimate of drug-likeness (QED) is 0.801. The zero-order valence-corrected chi connectivity index (χ0v) is 12.6. The van der Waals surface area contributed by atoms with Crippen LogP contribution in [-0.4, -0.2) is 11.5 Å². The lowest BCUT2D eigenvalue weighted by molar-refractivity contribution is -0.137. The molecule has 0 aromatic heterocycles. The Labute approximate surface area is 122 Å². The lowest BCUT2D eigenvalue weighted by Gasteiger charge is -2.24. The van der Waals surface area contributed by atoms with E-state index in [2.05, 4.69) is 17.5 Å². The fraction of sp³-hybridized carbons (Fsp3) is 0.500. The summed E-state index contributed by atoms with van der Waals surface area (Å²) in [6.07, 6.45) is -3.55. The van der Waals surface area contributed by atoms with E-state index < -0.39 is 11.7 Å². The Morgan fingerprint density at radius 2 is 1.90 bits per heavy atom. The molecule has 20 heavy (non-hydrogen) atoms. The Balaban J connectivity index is 3.05. The first kappa shape index (κ1) is 16.8. The molecule has 0 atom stereocenters. The molecule has 0 aliphatic rings. The van der Waals surface area contributed by atoms with Gasteiger partial charge >= 0.3 is 6.18 Å². The molecule has 0 fully saturated rings. The van der Waals surface area contributed by atoms with E-state index in [9.17, 15) is 13.2 Å². The van der Waals surface area contributed by atoms with Gasteiger partial charge in [0.05, 0.1) is 5.56 Å². The molecule has 2 nitrogen and oxygen atoms in total. The van der Waals surface area contributed by atoms with Crippen molar-refractivity contribution in [1.82, 2.24) is 0 Å². The van der Waals surface area contributed by atoms with E-state index in [1.807, 2.05) is 20.8 Å².